The highest BCUT2D eigenvalue weighted by atomic mass is 16.5. The molecule has 1 aromatic carbocycles. The van der Waals surface area contributed by atoms with Gasteiger partial charge in [-0.25, -0.2) is 0 Å². The molecular weight excluding hydrogens is 270 g/mol. The molecule has 0 aliphatic heterocycles. The van der Waals surface area contributed by atoms with Crippen molar-refractivity contribution in [1.29, 1.82) is 0 Å². The van der Waals surface area contributed by atoms with Crippen molar-refractivity contribution in [3.05, 3.63) is 23.8 Å². The van der Waals surface area contributed by atoms with E-state index in [4.69, 9.17) is 10.5 Å². The Bertz CT molecular complexity index is 499. The van der Waals surface area contributed by atoms with E-state index < -0.39 is 0 Å². The SMILES string of the molecule is CCN(CC)C(=O)CCNC(=O)c1cc(OC)ccc1N. The van der Waals surface area contributed by atoms with Crippen molar-refractivity contribution in [2.75, 3.05) is 32.5 Å². The average molecular weight is 293 g/mol. The summed E-state index contributed by atoms with van der Waals surface area (Å²) in [6, 6.07) is 4.89. The lowest BCUT2D eigenvalue weighted by Crippen LogP contribution is -2.34. The zero-order chi connectivity index (χ0) is 15.8. The number of nitrogens with two attached hydrogens (primary N) is 1. The first-order chi connectivity index (χ1) is 10.0. The Kier molecular flexibility index (Phi) is 6.52. The standard InChI is InChI=1S/C15H23N3O3/c1-4-18(5-2)14(19)8-9-17-15(20)12-10-11(21-3)6-7-13(12)16/h6-7,10H,4-5,8-9,16H2,1-3H3,(H,17,20). The summed E-state index contributed by atoms with van der Waals surface area (Å²) in [5, 5.41) is 2.70. The molecule has 0 aliphatic rings. The first-order valence-corrected chi connectivity index (χ1v) is 7.02. The molecule has 0 spiro atoms. The maximum absolute atomic E-state index is 12.1. The largest absolute Gasteiger partial charge is 0.497 e. The molecule has 0 saturated carbocycles. The van der Waals surface area contributed by atoms with Gasteiger partial charge in [0.15, 0.2) is 0 Å². The van der Waals surface area contributed by atoms with Crippen molar-refractivity contribution in [3.8, 4) is 5.75 Å². The van der Waals surface area contributed by atoms with Crippen LogP contribution in [0.4, 0.5) is 5.69 Å². The van der Waals surface area contributed by atoms with Crippen molar-refractivity contribution < 1.29 is 14.3 Å². The van der Waals surface area contributed by atoms with Gasteiger partial charge in [0.1, 0.15) is 5.75 Å². The van der Waals surface area contributed by atoms with Crippen LogP contribution in [0.25, 0.3) is 0 Å². The first kappa shape index (κ1) is 16.8. The molecule has 0 aromatic heterocycles. The number of ether oxygens (including phenoxy) is 1. The topological polar surface area (TPSA) is 84.7 Å². The molecule has 0 unspecified atom stereocenters. The molecular formula is C15H23N3O3. The second kappa shape index (κ2) is 8.14. The van der Waals surface area contributed by atoms with E-state index in [-0.39, 0.29) is 24.8 Å². The molecule has 0 heterocycles. The van der Waals surface area contributed by atoms with E-state index in [9.17, 15) is 9.59 Å². The molecule has 0 atom stereocenters. The molecule has 0 fully saturated rings. The molecule has 6 heteroatoms. The van der Waals surface area contributed by atoms with E-state index in [1.165, 1.54) is 7.11 Å². The molecule has 1 rings (SSSR count). The Morgan fingerprint density at radius 2 is 1.95 bits per heavy atom. The Hall–Kier alpha value is -2.24. The van der Waals surface area contributed by atoms with Crippen LogP contribution in [0.15, 0.2) is 18.2 Å². The third-order valence-electron chi connectivity index (χ3n) is 3.25. The number of hydrogen-bond donors (Lipinski definition) is 2. The van der Waals surface area contributed by atoms with Crippen LogP contribution in [-0.2, 0) is 4.79 Å². The van der Waals surface area contributed by atoms with Crippen LogP contribution < -0.4 is 15.8 Å². The number of amides is 2. The van der Waals surface area contributed by atoms with Gasteiger partial charge in [-0.15, -0.1) is 0 Å². The van der Waals surface area contributed by atoms with E-state index in [1.54, 1.807) is 23.1 Å². The zero-order valence-electron chi connectivity index (χ0n) is 12.8. The number of nitrogens with one attached hydrogen (secondary N) is 1. The fourth-order valence-electron chi connectivity index (χ4n) is 1.97. The molecule has 0 bridgehead atoms. The Labute approximate surface area is 125 Å². The summed E-state index contributed by atoms with van der Waals surface area (Å²) < 4.78 is 5.07. The lowest BCUT2D eigenvalue weighted by Gasteiger charge is -2.18. The third-order valence-corrected chi connectivity index (χ3v) is 3.25. The molecule has 116 valence electrons. The predicted molar refractivity (Wildman–Crippen MR) is 82.3 cm³/mol. The summed E-state index contributed by atoms with van der Waals surface area (Å²) in [6.07, 6.45) is 0.275. The molecule has 3 N–H and O–H groups in total. The van der Waals surface area contributed by atoms with Crippen molar-refractivity contribution >= 4 is 17.5 Å². The van der Waals surface area contributed by atoms with Gasteiger partial charge in [-0.2, -0.15) is 0 Å². The highest BCUT2D eigenvalue weighted by Gasteiger charge is 2.13. The number of benzene rings is 1. The molecule has 0 aliphatic carbocycles. The number of carbonyl (C=O) groups excluding carboxylic acids is 2. The molecule has 0 saturated heterocycles. The summed E-state index contributed by atoms with van der Waals surface area (Å²) in [5.74, 6) is 0.284. The number of nitrogen functional groups attached to an aromatic ring is 1. The van der Waals surface area contributed by atoms with Crippen LogP contribution in [0.2, 0.25) is 0 Å². The fraction of sp³-hybridized carbons (Fsp3) is 0.467. The van der Waals surface area contributed by atoms with E-state index in [1.807, 2.05) is 13.8 Å². The van der Waals surface area contributed by atoms with E-state index in [0.717, 1.165) is 0 Å². The molecule has 0 radical (unpaired) electrons. The smallest absolute Gasteiger partial charge is 0.253 e. The Morgan fingerprint density at radius 3 is 2.52 bits per heavy atom. The van der Waals surface area contributed by atoms with Gasteiger partial charge in [0.05, 0.1) is 12.7 Å². The minimum absolute atomic E-state index is 0.0268. The monoisotopic (exact) mass is 293 g/mol. The van der Waals surface area contributed by atoms with E-state index >= 15 is 0 Å². The van der Waals surface area contributed by atoms with Gasteiger partial charge in [0, 0.05) is 31.7 Å². The number of nitrogens with zero attached hydrogens (tertiary/aromatic N) is 1. The fourth-order valence-corrected chi connectivity index (χ4v) is 1.97. The second-order valence-corrected chi connectivity index (χ2v) is 4.53. The second-order valence-electron chi connectivity index (χ2n) is 4.53. The summed E-state index contributed by atoms with van der Waals surface area (Å²) in [4.78, 5) is 25.6. The van der Waals surface area contributed by atoms with Gasteiger partial charge in [0.2, 0.25) is 5.91 Å². The van der Waals surface area contributed by atoms with Gasteiger partial charge >= 0.3 is 0 Å². The maximum atomic E-state index is 12.1. The predicted octanol–water partition coefficient (Wildman–Crippen LogP) is 1.27. The number of hydrogen-bond acceptors (Lipinski definition) is 4. The average Bonchev–Trinajstić information content (AvgIpc) is 2.48. The number of rotatable bonds is 7. The van der Waals surface area contributed by atoms with E-state index in [2.05, 4.69) is 5.32 Å². The molecule has 1 aromatic rings. The van der Waals surface area contributed by atoms with E-state index in [0.29, 0.717) is 30.1 Å². The van der Waals surface area contributed by atoms with Crippen LogP contribution in [-0.4, -0.2) is 43.5 Å². The zero-order valence-corrected chi connectivity index (χ0v) is 12.8. The number of methoxy groups -OCH3 is 1. The lowest BCUT2D eigenvalue weighted by molar-refractivity contribution is -0.130. The number of anilines is 1. The third kappa shape index (κ3) is 4.66. The van der Waals surface area contributed by atoms with Gasteiger partial charge in [-0.3, -0.25) is 9.59 Å². The van der Waals surface area contributed by atoms with Crippen molar-refractivity contribution in [2.24, 2.45) is 0 Å². The lowest BCUT2D eigenvalue weighted by atomic mass is 10.1. The highest BCUT2D eigenvalue weighted by Crippen LogP contribution is 2.19. The minimum Gasteiger partial charge on any atom is -0.497 e. The Morgan fingerprint density at radius 1 is 1.29 bits per heavy atom. The van der Waals surface area contributed by atoms with Crippen molar-refractivity contribution in [2.45, 2.75) is 20.3 Å². The van der Waals surface area contributed by atoms with Crippen molar-refractivity contribution in [3.63, 3.8) is 0 Å². The molecule has 21 heavy (non-hydrogen) atoms. The Balaban J connectivity index is 2.56. The normalized spacial score (nSPS) is 10.0. The summed E-state index contributed by atoms with van der Waals surface area (Å²) in [7, 11) is 1.52. The van der Waals surface area contributed by atoms with Crippen LogP contribution in [0, 0.1) is 0 Å². The maximum Gasteiger partial charge on any atom is 0.253 e. The van der Waals surface area contributed by atoms with Gasteiger partial charge in [0.25, 0.3) is 5.91 Å². The van der Waals surface area contributed by atoms with Crippen LogP contribution >= 0.6 is 0 Å². The quantitative estimate of drug-likeness (QED) is 0.741. The van der Waals surface area contributed by atoms with Crippen LogP contribution in [0.3, 0.4) is 0 Å². The molecule has 2 amide bonds. The summed E-state index contributed by atoms with van der Waals surface area (Å²) in [6.45, 7) is 5.48. The number of carbonyl (C=O) groups is 2. The van der Waals surface area contributed by atoms with Gasteiger partial charge in [-0.05, 0) is 32.0 Å². The van der Waals surface area contributed by atoms with Gasteiger partial charge < -0.3 is 20.7 Å². The van der Waals surface area contributed by atoms with Crippen molar-refractivity contribution in [1.82, 2.24) is 10.2 Å². The van der Waals surface area contributed by atoms with Gasteiger partial charge in [-0.1, -0.05) is 0 Å². The summed E-state index contributed by atoms with van der Waals surface area (Å²) in [5.41, 5.74) is 6.51. The highest BCUT2D eigenvalue weighted by molar-refractivity contribution is 5.99. The van der Waals surface area contributed by atoms with Crippen LogP contribution in [0.5, 0.6) is 5.75 Å². The first-order valence-electron chi connectivity index (χ1n) is 7.02. The molecule has 6 nitrogen and oxygen atoms in total. The van der Waals surface area contributed by atoms with Crippen LogP contribution in [0.1, 0.15) is 30.6 Å². The summed E-state index contributed by atoms with van der Waals surface area (Å²) >= 11 is 0. The minimum atomic E-state index is -0.307.